The summed E-state index contributed by atoms with van der Waals surface area (Å²) in [6.45, 7) is -19.0. The maximum Gasteiger partial charge on any atom is 1.00 e. The van der Waals surface area contributed by atoms with Crippen LogP contribution in [0.15, 0.2) is 0 Å². The molecule has 0 aliphatic heterocycles. The predicted octanol–water partition coefficient (Wildman–Crippen LogP) is -6.94. The fourth-order valence-electron chi connectivity index (χ4n) is 0. The molecule has 0 saturated carbocycles. The van der Waals surface area contributed by atoms with Gasteiger partial charge in [0.15, 0.2) is 0 Å². The molecule has 26 heavy (non-hydrogen) atoms. The van der Waals surface area contributed by atoms with E-state index in [0.717, 1.165) is 0 Å². The van der Waals surface area contributed by atoms with Gasteiger partial charge in [0.05, 0.1) is 0 Å². The van der Waals surface area contributed by atoms with Crippen molar-refractivity contribution in [1.29, 1.82) is 0 Å². The largest absolute Gasteiger partial charge is 1.00 e. The fraction of sp³-hybridized carbons (Fsp3) is 0. The van der Waals surface area contributed by atoms with Crippen LogP contribution in [0.25, 0.3) is 0 Å². The molecule has 26 heteroatoms. The van der Waals surface area contributed by atoms with Gasteiger partial charge in [-0.05, 0) is 59.0 Å². The van der Waals surface area contributed by atoms with Gasteiger partial charge in [-0.3, -0.25) is 0 Å². The van der Waals surface area contributed by atoms with Crippen LogP contribution in [0.3, 0.4) is 0 Å². The summed E-state index contributed by atoms with van der Waals surface area (Å²) in [7, 11) is 0. The molecule has 0 radical (unpaired) electrons. The summed E-state index contributed by atoms with van der Waals surface area (Å²) < 4.78 is 0. The van der Waals surface area contributed by atoms with E-state index < -0.39 is 33.6 Å². The molecule has 0 saturated heterocycles. The quantitative estimate of drug-likeness (QED) is 0.0915. The van der Waals surface area contributed by atoms with E-state index in [-0.39, 0.29) is 31.0 Å². The summed E-state index contributed by atoms with van der Waals surface area (Å²) in [5.74, 6) is 0. The second-order valence-electron chi connectivity index (χ2n) is 2.57. The van der Waals surface area contributed by atoms with E-state index in [2.05, 4.69) is 59.0 Å². The Balaban J connectivity index is -0.0000000364. The Hall–Kier alpha value is 3.65. The van der Waals surface area contributed by atoms with Crippen LogP contribution in [0.5, 0.6) is 0 Å². The predicted molar refractivity (Wildman–Crippen MR) is 106 cm³/mol. The van der Waals surface area contributed by atoms with Gasteiger partial charge in [-0.2, -0.15) is 0 Å². The van der Waals surface area contributed by atoms with Crippen molar-refractivity contribution in [3.63, 3.8) is 0 Å². The SMILES string of the molecule is OP(O)(O)=S.OP(O)(O)=S.OP(O)(O)=S.OP(O)(O)=S.OP(O)(O)=S.[H-].[Na+]. The van der Waals surface area contributed by atoms with Crippen molar-refractivity contribution in [1.82, 2.24) is 0 Å². The van der Waals surface area contributed by atoms with E-state index in [4.69, 9.17) is 73.4 Å². The maximum atomic E-state index is 7.56. The first-order valence-corrected chi connectivity index (χ1v) is 17.2. The Labute approximate surface area is 195 Å². The van der Waals surface area contributed by atoms with E-state index in [0.29, 0.717) is 0 Å². The van der Waals surface area contributed by atoms with Crippen LogP contribution in [0.4, 0.5) is 0 Å². The molecule has 15 nitrogen and oxygen atoms in total. The van der Waals surface area contributed by atoms with Gasteiger partial charge in [-0.15, -0.1) is 0 Å². The van der Waals surface area contributed by atoms with Crippen LogP contribution in [-0.2, 0) is 59.0 Å². The van der Waals surface area contributed by atoms with Gasteiger partial charge < -0.3 is 74.8 Å². The summed E-state index contributed by atoms with van der Waals surface area (Å²) in [5, 5.41) is 0. The summed E-state index contributed by atoms with van der Waals surface area (Å²) in [5.41, 5.74) is 0. The average molecular weight is 594 g/mol. The zero-order valence-electron chi connectivity index (χ0n) is 13.0. The number of hydrogen-bond acceptors (Lipinski definition) is 5. The molecule has 0 amide bonds. The second-order valence-corrected chi connectivity index (χ2v) is 15.0. The minimum atomic E-state index is -3.81. The van der Waals surface area contributed by atoms with Crippen molar-refractivity contribution in [2.24, 2.45) is 0 Å². The van der Waals surface area contributed by atoms with Gasteiger partial charge in [0.1, 0.15) is 0 Å². The molecule has 0 spiro atoms. The molecule has 0 unspecified atom stereocenters. The van der Waals surface area contributed by atoms with E-state index in [1.54, 1.807) is 0 Å². The summed E-state index contributed by atoms with van der Waals surface area (Å²) in [6.07, 6.45) is 0. The third-order valence-corrected chi connectivity index (χ3v) is 0. The third kappa shape index (κ3) is 1470. The topological polar surface area (TPSA) is 303 Å². The monoisotopic (exact) mass is 594 g/mol. The molecule has 0 atom stereocenters. The molecular weight excluding hydrogens is 578 g/mol. The van der Waals surface area contributed by atoms with Crippen LogP contribution in [0.1, 0.15) is 1.43 Å². The van der Waals surface area contributed by atoms with E-state index >= 15 is 0 Å². The van der Waals surface area contributed by atoms with E-state index in [9.17, 15) is 0 Å². The Morgan fingerprint density at radius 1 is 0.308 bits per heavy atom. The van der Waals surface area contributed by atoms with Crippen LogP contribution in [0.2, 0.25) is 0 Å². The summed E-state index contributed by atoms with van der Waals surface area (Å²) in [6, 6.07) is 0. The number of rotatable bonds is 0. The van der Waals surface area contributed by atoms with Crippen molar-refractivity contribution in [2.45, 2.75) is 0 Å². The van der Waals surface area contributed by atoms with Crippen molar-refractivity contribution in [3.05, 3.63) is 0 Å². The zero-order valence-corrected chi connectivity index (χ0v) is 22.5. The molecule has 0 bridgehead atoms. The average Bonchev–Trinajstić information content (AvgIpc) is 1.79. The molecule has 0 aromatic carbocycles. The first-order valence-electron chi connectivity index (χ1n) is 3.91. The molecule has 0 rings (SSSR count). The molecule has 0 aliphatic carbocycles. The first-order chi connectivity index (χ1) is 10.0. The molecule has 15 N–H and O–H groups in total. The minimum absolute atomic E-state index is 0. The van der Waals surface area contributed by atoms with Crippen molar-refractivity contribution < 1.29 is 104 Å². The van der Waals surface area contributed by atoms with Crippen LogP contribution >= 0.6 is 33.6 Å². The fourth-order valence-corrected chi connectivity index (χ4v) is 0. The van der Waals surface area contributed by atoms with Gasteiger partial charge >= 0.3 is 63.2 Å². The van der Waals surface area contributed by atoms with Gasteiger partial charge in [-0.1, -0.05) is 0 Å². The summed E-state index contributed by atoms with van der Waals surface area (Å²) >= 11 is 18.0. The standard InChI is InChI=1S/Na.5H3O3PS.H/c;5*1-4(2,3)5;/h;5*(H3,1,2,3,5);/q+1;;;;;;-1. The van der Waals surface area contributed by atoms with Crippen LogP contribution in [-0.4, -0.2) is 73.4 Å². The molecule has 162 valence electrons. The van der Waals surface area contributed by atoms with Crippen LogP contribution < -0.4 is 29.6 Å². The maximum absolute atomic E-state index is 7.56. The minimum Gasteiger partial charge on any atom is -1.00 e. The van der Waals surface area contributed by atoms with E-state index in [1.807, 2.05) is 0 Å². The van der Waals surface area contributed by atoms with Gasteiger partial charge in [0, 0.05) is 0 Å². The van der Waals surface area contributed by atoms with Crippen molar-refractivity contribution >= 4 is 92.6 Å². The zero-order chi connectivity index (χ0) is 22.5. The summed E-state index contributed by atoms with van der Waals surface area (Å²) in [4.78, 5) is 113. The Morgan fingerprint density at radius 3 is 0.308 bits per heavy atom. The van der Waals surface area contributed by atoms with Crippen LogP contribution in [0, 0.1) is 0 Å². The van der Waals surface area contributed by atoms with Gasteiger partial charge in [0.25, 0.3) is 0 Å². The Morgan fingerprint density at radius 2 is 0.308 bits per heavy atom. The first kappa shape index (κ1) is 43.5. The smallest absolute Gasteiger partial charge is 1.00 e. The van der Waals surface area contributed by atoms with Gasteiger partial charge in [0.2, 0.25) is 0 Å². The van der Waals surface area contributed by atoms with Crippen molar-refractivity contribution in [3.8, 4) is 0 Å². The second kappa shape index (κ2) is 19.3. The number of hydrogen-bond donors (Lipinski definition) is 15. The molecular formula is H16NaO15P5S5. The molecule has 0 fully saturated rings. The molecule has 0 aromatic rings. The van der Waals surface area contributed by atoms with E-state index in [1.165, 1.54) is 0 Å². The molecule has 0 aromatic heterocycles. The van der Waals surface area contributed by atoms with Gasteiger partial charge in [-0.25, -0.2) is 0 Å². The molecule has 0 heterocycles. The molecule has 0 aliphatic rings. The van der Waals surface area contributed by atoms with Crippen molar-refractivity contribution in [2.75, 3.05) is 0 Å². The third-order valence-electron chi connectivity index (χ3n) is 0. The Bertz CT molecular complexity index is 394. The normalized spacial score (nSPS) is 11.3. The Kier molecular flexibility index (Phi) is 32.4.